The van der Waals surface area contributed by atoms with Gasteiger partial charge in [0.1, 0.15) is 10.8 Å². The van der Waals surface area contributed by atoms with Gasteiger partial charge in [-0.25, -0.2) is 4.98 Å². The molecule has 6 heteroatoms. The van der Waals surface area contributed by atoms with Gasteiger partial charge < -0.3 is 4.74 Å². The quantitative estimate of drug-likeness (QED) is 0.850. The van der Waals surface area contributed by atoms with Crippen LogP contribution in [0.3, 0.4) is 0 Å². The van der Waals surface area contributed by atoms with Crippen LogP contribution in [-0.2, 0) is 0 Å². The molecular formula is C9H6BrClN2OS. The minimum Gasteiger partial charge on any atom is -0.497 e. The summed E-state index contributed by atoms with van der Waals surface area (Å²) >= 11 is 10.4. The van der Waals surface area contributed by atoms with Gasteiger partial charge >= 0.3 is 0 Å². The van der Waals surface area contributed by atoms with Crippen molar-refractivity contribution < 1.29 is 4.74 Å². The normalized spacial score (nSPS) is 10.3. The Morgan fingerprint density at radius 2 is 2.27 bits per heavy atom. The van der Waals surface area contributed by atoms with Crippen LogP contribution in [0.5, 0.6) is 5.75 Å². The Hall–Kier alpha value is -0.650. The van der Waals surface area contributed by atoms with Gasteiger partial charge in [-0.2, -0.15) is 4.37 Å². The van der Waals surface area contributed by atoms with Crippen LogP contribution in [0, 0.1) is 0 Å². The highest BCUT2D eigenvalue weighted by Gasteiger charge is 2.09. The summed E-state index contributed by atoms with van der Waals surface area (Å²) < 4.78 is 10.0. The maximum atomic E-state index is 5.68. The number of hydrogen-bond donors (Lipinski definition) is 0. The SMILES string of the molecule is COc1ccc(Br)c(-c2nc(Cl)ns2)c1. The zero-order valence-electron chi connectivity index (χ0n) is 7.70. The van der Waals surface area contributed by atoms with Crippen LogP contribution >= 0.6 is 39.1 Å². The van der Waals surface area contributed by atoms with Crippen molar-refractivity contribution in [2.24, 2.45) is 0 Å². The summed E-state index contributed by atoms with van der Waals surface area (Å²) in [5, 5.41) is 1.04. The predicted octanol–water partition coefficient (Wildman–Crippen LogP) is 3.63. The van der Waals surface area contributed by atoms with Crippen molar-refractivity contribution in [1.82, 2.24) is 9.36 Å². The fourth-order valence-electron chi connectivity index (χ4n) is 1.11. The molecule has 0 saturated heterocycles. The highest BCUT2D eigenvalue weighted by atomic mass is 79.9. The Morgan fingerprint density at radius 1 is 1.47 bits per heavy atom. The molecule has 1 aromatic heterocycles. The number of halogens is 2. The van der Waals surface area contributed by atoms with E-state index in [-0.39, 0.29) is 5.28 Å². The molecule has 0 unspecified atom stereocenters. The molecule has 1 aromatic carbocycles. The van der Waals surface area contributed by atoms with Gasteiger partial charge in [0, 0.05) is 10.0 Å². The van der Waals surface area contributed by atoms with Gasteiger partial charge in [-0.3, -0.25) is 0 Å². The summed E-state index contributed by atoms with van der Waals surface area (Å²) in [5.41, 5.74) is 0.929. The molecule has 0 N–H and O–H groups in total. The smallest absolute Gasteiger partial charge is 0.234 e. The molecule has 0 atom stereocenters. The van der Waals surface area contributed by atoms with E-state index in [9.17, 15) is 0 Å². The largest absolute Gasteiger partial charge is 0.497 e. The predicted molar refractivity (Wildman–Crippen MR) is 64.6 cm³/mol. The number of nitrogens with zero attached hydrogens (tertiary/aromatic N) is 2. The molecule has 0 saturated carbocycles. The molecule has 0 aliphatic rings. The van der Waals surface area contributed by atoms with E-state index in [1.165, 1.54) is 11.5 Å². The maximum Gasteiger partial charge on any atom is 0.234 e. The molecule has 0 spiro atoms. The van der Waals surface area contributed by atoms with Gasteiger partial charge in [0.25, 0.3) is 0 Å². The van der Waals surface area contributed by atoms with E-state index in [0.717, 1.165) is 20.8 Å². The molecule has 2 rings (SSSR count). The van der Waals surface area contributed by atoms with Gasteiger partial charge in [0.2, 0.25) is 5.28 Å². The van der Waals surface area contributed by atoms with Crippen molar-refractivity contribution in [2.75, 3.05) is 7.11 Å². The number of benzene rings is 1. The van der Waals surface area contributed by atoms with Crippen LogP contribution in [0.2, 0.25) is 5.28 Å². The van der Waals surface area contributed by atoms with Gasteiger partial charge in [-0.1, -0.05) is 15.9 Å². The van der Waals surface area contributed by atoms with Crippen molar-refractivity contribution in [3.05, 3.63) is 28.0 Å². The van der Waals surface area contributed by atoms with E-state index in [2.05, 4.69) is 25.3 Å². The zero-order valence-corrected chi connectivity index (χ0v) is 10.9. The minimum absolute atomic E-state index is 0.268. The van der Waals surface area contributed by atoms with Crippen LogP contribution in [0.1, 0.15) is 0 Å². The molecule has 0 radical (unpaired) electrons. The molecule has 15 heavy (non-hydrogen) atoms. The summed E-state index contributed by atoms with van der Waals surface area (Å²) in [6.45, 7) is 0. The Bertz CT molecular complexity index is 489. The van der Waals surface area contributed by atoms with Crippen LogP contribution in [0.4, 0.5) is 0 Å². The molecule has 0 fully saturated rings. The van der Waals surface area contributed by atoms with E-state index in [0.29, 0.717) is 0 Å². The van der Waals surface area contributed by atoms with E-state index < -0.39 is 0 Å². The lowest BCUT2D eigenvalue weighted by Gasteiger charge is -2.03. The first-order chi connectivity index (χ1) is 7.20. The van der Waals surface area contributed by atoms with Gasteiger partial charge in [0.15, 0.2) is 0 Å². The number of hydrogen-bond acceptors (Lipinski definition) is 4. The second-order valence-corrected chi connectivity index (χ2v) is 4.66. The van der Waals surface area contributed by atoms with Crippen molar-refractivity contribution in [1.29, 1.82) is 0 Å². The van der Waals surface area contributed by atoms with Gasteiger partial charge in [-0.15, -0.1) is 0 Å². The number of rotatable bonds is 2. The molecule has 3 nitrogen and oxygen atoms in total. The maximum absolute atomic E-state index is 5.68. The lowest BCUT2D eigenvalue weighted by atomic mass is 10.2. The first-order valence-corrected chi connectivity index (χ1v) is 5.98. The molecule has 0 aliphatic heterocycles. The molecule has 1 heterocycles. The first-order valence-electron chi connectivity index (χ1n) is 4.04. The van der Waals surface area contributed by atoms with E-state index in [1.807, 2.05) is 18.2 Å². The lowest BCUT2D eigenvalue weighted by Crippen LogP contribution is -1.84. The number of methoxy groups -OCH3 is 1. The zero-order chi connectivity index (χ0) is 10.8. The first kappa shape index (κ1) is 10.9. The van der Waals surface area contributed by atoms with E-state index in [1.54, 1.807) is 7.11 Å². The topological polar surface area (TPSA) is 35.0 Å². The van der Waals surface area contributed by atoms with Crippen LogP contribution in [-0.4, -0.2) is 16.5 Å². The highest BCUT2D eigenvalue weighted by Crippen LogP contribution is 2.33. The van der Waals surface area contributed by atoms with E-state index in [4.69, 9.17) is 16.3 Å². The Balaban J connectivity index is 2.51. The third-order valence-electron chi connectivity index (χ3n) is 1.81. The second kappa shape index (κ2) is 4.47. The van der Waals surface area contributed by atoms with Crippen LogP contribution in [0.15, 0.2) is 22.7 Å². The summed E-state index contributed by atoms with van der Waals surface area (Å²) in [6, 6.07) is 5.67. The Kier molecular flexibility index (Phi) is 3.23. The third-order valence-corrected chi connectivity index (χ3v) is 3.51. The van der Waals surface area contributed by atoms with Crippen molar-refractivity contribution in [3.63, 3.8) is 0 Å². The number of ether oxygens (including phenoxy) is 1. The van der Waals surface area contributed by atoms with Crippen molar-refractivity contribution in [3.8, 4) is 16.3 Å². The van der Waals surface area contributed by atoms with Crippen LogP contribution < -0.4 is 4.74 Å². The summed E-state index contributed by atoms with van der Waals surface area (Å²) in [4.78, 5) is 4.10. The standard InChI is InChI=1S/C9H6BrClN2OS/c1-14-5-2-3-7(10)6(4-5)8-12-9(11)13-15-8/h2-4H,1H3. The van der Waals surface area contributed by atoms with Gasteiger partial charge in [0.05, 0.1) is 7.11 Å². The average molecular weight is 306 g/mol. The summed E-state index contributed by atoms with van der Waals surface area (Å²) in [7, 11) is 1.63. The van der Waals surface area contributed by atoms with Crippen molar-refractivity contribution >= 4 is 39.1 Å². The molecule has 2 aromatic rings. The summed E-state index contributed by atoms with van der Waals surface area (Å²) in [6.07, 6.45) is 0. The molecule has 78 valence electrons. The monoisotopic (exact) mass is 304 g/mol. The van der Waals surface area contributed by atoms with Gasteiger partial charge in [-0.05, 0) is 41.3 Å². The molecule has 0 aliphatic carbocycles. The fraction of sp³-hybridized carbons (Fsp3) is 0.111. The molecule has 0 bridgehead atoms. The second-order valence-electron chi connectivity index (χ2n) is 2.71. The van der Waals surface area contributed by atoms with E-state index >= 15 is 0 Å². The molecule has 0 amide bonds. The van der Waals surface area contributed by atoms with Crippen LogP contribution in [0.25, 0.3) is 10.6 Å². The lowest BCUT2D eigenvalue weighted by molar-refractivity contribution is 0.415. The fourth-order valence-corrected chi connectivity index (χ4v) is 2.51. The molecular weight excluding hydrogens is 300 g/mol. The average Bonchev–Trinajstić information content (AvgIpc) is 2.65. The highest BCUT2D eigenvalue weighted by molar-refractivity contribution is 9.10. The Morgan fingerprint density at radius 3 is 2.87 bits per heavy atom. The Labute approximate surface area is 104 Å². The minimum atomic E-state index is 0.268. The van der Waals surface area contributed by atoms with Crippen molar-refractivity contribution in [2.45, 2.75) is 0 Å². The third kappa shape index (κ3) is 2.30. The summed E-state index contributed by atoms with van der Waals surface area (Å²) in [5.74, 6) is 0.777. The number of aromatic nitrogens is 2.